The number of carboxylic acids is 1. The van der Waals surface area contributed by atoms with E-state index >= 15 is 0 Å². The maximum absolute atomic E-state index is 13.1. The molecular formula is C14H14Cl2FNO3. The highest BCUT2D eigenvalue weighted by Crippen LogP contribution is 2.38. The lowest BCUT2D eigenvalue weighted by Gasteiger charge is -2.17. The van der Waals surface area contributed by atoms with Crippen LogP contribution in [0.2, 0.25) is 10.0 Å². The van der Waals surface area contributed by atoms with Gasteiger partial charge in [0.1, 0.15) is 5.82 Å². The minimum Gasteiger partial charge on any atom is -0.481 e. The number of amides is 1. The number of hydrogen-bond acceptors (Lipinski definition) is 2. The molecule has 1 amide bonds. The molecule has 0 aromatic heterocycles. The number of carbonyl (C=O) groups excluding carboxylic acids is 1. The third-order valence-corrected chi connectivity index (χ3v) is 4.30. The quantitative estimate of drug-likeness (QED) is 0.883. The van der Waals surface area contributed by atoms with E-state index in [9.17, 15) is 19.1 Å². The van der Waals surface area contributed by atoms with Crippen LogP contribution >= 0.6 is 23.2 Å². The highest BCUT2D eigenvalue weighted by molar-refractivity contribution is 6.39. The summed E-state index contributed by atoms with van der Waals surface area (Å²) < 4.78 is 13.1. The number of anilines is 1. The minimum atomic E-state index is -0.990. The van der Waals surface area contributed by atoms with E-state index in [0.29, 0.717) is 12.8 Å². The number of carbonyl (C=O) groups is 2. The molecule has 1 fully saturated rings. The van der Waals surface area contributed by atoms with E-state index in [-0.39, 0.29) is 21.7 Å². The molecule has 3 atom stereocenters. The molecule has 1 unspecified atom stereocenters. The smallest absolute Gasteiger partial charge is 0.307 e. The molecule has 7 heteroatoms. The first-order chi connectivity index (χ1) is 9.79. The number of rotatable bonds is 3. The third kappa shape index (κ3) is 3.47. The van der Waals surface area contributed by atoms with Crippen LogP contribution in [0.15, 0.2) is 12.1 Å². The minimum absolute atomic E-state index is 0.0220. The number of nitrogens with one attached hydrogen (secondary N) is 1. The zero-order chi connectivity index (χ0) is 15.7. The lowest BCUT2D eigenvalue weighted by molar-refractivity contribution is -0.145. The Kier molecular flexibility index (Phi) is 4.74. The summed E-state index contributed by atoms with van der Waals surface area (Å²) in [5, 5.41) is 11.7. The Balaban J connectivity index is 2.20. The maximum atomic E-state index is 13.1. The molecule has 21 heavy (non-hydrogen) atoms. The summed E-state index contributed by atoms with van der Waals surface area (Å²) in [6.45, 7) is 1.90. The Morgan fingerprint density at radius 3 is 2.29 bits per heavy atom. The number of aliphatic carboxylic acids is 1. The molecular weight excluding hydrogens is 320 g/mol. The van der Waals surface area contributed by atoms with Crippen molar-refractivity contribution in [2.45, 2.75) is 19.8 Å². The lowest BCUT2D eigenvalue weighted by atomic mass is 9.95. The van der Waals surface area contributed by atoms with Crippen molar-refractivity contribution in [2.75, 3.05) is 5.32 Å². The van der Waals surface area contributed by atoms with Gasteiger partial charge in [-0.05, 0) is 30.9 Å². The summed E-state index contributed by atoms with van der Waals surface area (Å²) in [6, 6.07) is 2.07. The van der Waals surface area contributed by atoms with Crippen molar-refractivity contribution in [2.24, 2.45) is 17.8 Å². The van der Waals surface area contributed by atoms with Crippen LogP contribution in [0.4, 0.5) is 10.1 Å². The van der Waals surface area contributed by atoms with Gasteiger partial charge in [0.05, 0.1) is 27.6 Å². The van der Waals surface area contributed by atoms with Crippen LogP contribution < -0.4 is 5.32 Å². The second-order valence-electron chi connectivity index (χ2n) is 5.36. The Morgan fingerprint density at radius 1 is 1.24 bits per heavy atom. The van der Waals surface area contributed by atoms with E-state index in [2.05, 4.69) is 5.32 Å². The predicted octanol–water partition coefficient (Wildman–Crippen LogP) is 3.82. The summed E-state index contributed by atoms with van der Waals surface area (Å²) in [6.07, 6.45) is 0.942. The fourth-order valence-corrected chi connectivity index (χ4v) is 3.29. The van der Waals surface area contributed by atoms with Gasteiger partial charge in [0.25, 0.3) is 0 Å². The summed E-state index contributed by atoms with van der Waals surface area (Å²) in [5.41, 5.74) is 0.105. The van der Waals surface area contributed by atoms with Crippen LogP contribution in [0, 0.1) is 23.6 Å². The Bertz CT molecular complexity index is 571. The molecule has 1 saturated carbocycles. The summed E-state index contributed by atoms with van der Waals surface area (Å²) in [5.74, 6) is -3.27. The Morgan fingerprint density at radius 2 is 1.76 bits per heavy atom. The molecule has 2 N–H and O–H groups in total. The van der Waals surface area contributed by atoms with Gasteiger partial charge in [-0.25, -0.2) is 4.39 Å². The Labute approximate surface area is 131 Å². The first-order valence-electron chi connectivity index (χ1n) is 6.47. The molecule has 0 aliphatic heterocycles. The van der Waals surface area contributed by atoms with Crippen molar-refractivity contribution in [3.8, 4) is 0 Å². The van der Waals surface area contributed by atoms with Crippen LogP contribution in [0.3, 0.4) is 0 Å². The number of hydrogen-bond donors (Lipinski definition) is 2. The van der Waals surface area contributed by atoms with Crippen LogP contribution in [0.25, 0.3) is 0 Å². The summed E-state index contributed by atoms with van der Waals surface area (Å²) in [4.78, 5) is 23.5. The van der Waals surface area contributed by atoms with Crippen LogP contribution in [-0.2, 0) is 9.59 Å². The average molecular weight is 334 g/mol. The molecule has 1 aliphatic rings. The van der Waals surface area contributed by atoms with Crippen molar-refractivity contribution < 1.29 is 19.1 Å². The number of carboxylic acid groups (broad SMARTS) is 1. The normalized spacial score (nSPS) is 24.9. The van der Waals surface area contributed by atoms with E-state index in [4.69, 9.17) is 23.2 Å². The first kappa shape index (κ1) is 16.0. The standard InChI is InChI=1S/C14H14Cl2FNO3/c1-6-2-8(9(3-6)14(20)21)13(19)18-12-10(15)4-7(17)5-11(12)16/h4-6,8-9H,2-3H2,1H3,(H,18,19)(H,20,21)/t6?,8-,9+/m0/s1. The monoisotopic (exact) mass is 333 g/mol. The van der Waals surface area contributed by atoms with E-state index < -0.39 is 29.5 Å². The van der Waals surface area contributed by atoms with Gasteiger partial charge in [0.15, 0.2) is 0 Å². The highest BCUT2D eigenvalue weighted by atomic mass is 35.5. The predicted molar refractivity (Wildman–Crippen MR) is 78.1 cm³/mol. The summed E-state index contributed by atoms with van der Waals surface area (Å²) >= 11 is 11.7. The van der Waals surface area contributed by atoms with Gasteiger partial charge in [-0.2, -0.15) is 0 Å². The zero-order valence-electron chi connectivity index (χ0n) is 11.2. The molecule has 0 radical (unpaired) electrons. The lowest BCUT2D eigenvalue weighted by Crippen LogP contribution is -2.30. The molecule has 0 heterocycles. The SMILES string of the molecule is CC1C[C@H](C(=O)Nc2c(Cl)cc(F)cc2Cl)[C@H](C(=O)O)C1. The van der Waals surface area contributed by atoms with Crippen molar-refractivity contribution in [1.29, 1.82) is 0 Å². The van der Waals surface area contributed by atoms with Crippen molar-refractivity contribution in [3.63, 3.8) is 0 Å². The first-order valence-corrected chi connectivity index (χ1v) is 7.23. The summed E-state index contributed by atoms with van der Waals surface area (Å²) in [7, 11) is 0. The van der Waals surface area contributed by atoms with E-state index in [1.807, 2.05) is 6.92 Å². The van der Waals surface area contributed by atoms with E-state index in [0.717, 1.165) is 12.1 Å². The molecule has 2 rings (SSSR count). The third-order valence-electron chi connectivity index (χ3n) is 3.71. The van der Waals surface area contributed by atoms with Crippen molar-refractivity contribution in [1.82, 2.24) is 0 Å². The van der Waals surface area contributed by atoms with Crippen LogP contribution in [-0.4, -0.2) is 17.0 Å². The van der Waals surface area contributed by atoms with E-state index in [1.165, 1.54) is 0 Å². The molecule has 1 aromatic carbocycles. The molecule has 0 spiro atoms. The number of halogens is 3. The fraction of sp³-hybridized carbons (Fsp3) is 0.429. The molecule has 114 valence electrons. The van der Waals surface area contributed by atoms with Crippen molar-refractivity contribution >= 4 is 40.8 Å². The molecule has 4 nitrogen and oxygen atoms in total. The molecule has 0 saturated heterocycles. The van der Waals surface area contributed by atoms with Gasteiger partial charge in [-0.15, -0.1) is 0 Å². The zero-order valence-corrected chi connectivity index (χ0v) is 12.7. The molecule has 1 aliphatic carbocycles. The fourth-order valence-electron chi connectivity index (χ4n) is 2.73. The highest BCUT2D eigenvalue weighted by Gasteiger charge is 2.41. The molecule has 1 aromatic rings. The maximum Gasteiger partial charge on any atom is 0.307 e. The second-order valence-corrected chi connectivity index (χ2v) is 6.18. The topological polar surface area (TPSA) is 66.4 Å². The molecule has 0 bridgehead atoms. The van der Waals surface area contributed by atoms with Gasteiger partial charge >= 0.3 is 5.97 Å². The van der Waals surface area contributed by atoms with Crippen molar-refractivity contribution in [3.05, 3.63) is 28.0 Å². The van der Waals surface area contributed by atoms with Gasteiger partial charge < -0.3 is 10.4 Å². The average Bonchev–Trinajstić information content (AvgIpc) is 2.76. The van der Waals surface area contributed by atoms with Crippen LogP contribution in [0.1, 0.15) is 19.8 Å². The van der Waals surface area contributed by atoms with Gasteiger partial charge in [-0.1, -0.05) is 30.1 Å². The van der Waals surface area contributed by atoms with Gasteiger partial charge in [0, 0.05) is 0 Å². The Hall–Kier alpha value is -1.33. The largest absolute Gasteiger partial charge is 0.481 e. The number of benzene rings is 1. The van der Waals surface area contributed by atoms with Crippen LogP contribution in [0.5, 0.6) is 0 Å². The van der Waals surface area contributed by atoms with Gasteiger partial charge in [0.2, 0.25) is 5.91 Å². The second kappa shape index (κ2) is 6.20. The van der Waals surface area contributed by atoms with Gasteiger partial charge in [-0.3, -0.25) is 9.59 Å². The van der Waals surface area contributed by atoms with E-state index in [1.54, 1.807) is 0 Å².